The summed E-state index contributed by atoms with van der Waals surface area (Å²) < 4.78 is 28.2. The number of carbonyl (C=O) groups is 1. The number of nitrogens with one attached hydrogen (secondary N) is 1. The number of aryl methyl sites for hydroxylation is 2. The van der Waals surface area contributed by atoms with E-state index in [1.165, 1.54) is 44.1 Å². The zero-order valence-electron chi connectivity index (χ0n) is 19.3. The molecule has 7 nitrogen and oxygen atoms in total. The number of benzene rings is 1. The molecule has 8 heteroatoms. The van der Waals surface area contributed by atoms with Crippen molar-refractivity contribution < 1.29 is 13.2 Å². The molecule has 1 heterocycles. The summed E-state index contributed by atoms with van der Waals surface area (Å²) in [4.78, 5) is 17.7. The van der Waals surface area contributed by atoms with Crippen molar-refractivity contribution in [3.05, 3.63) is 24.0 Å². The molecule has 0 unspecified atom stereocenters. The van der Waals surface area contributed by atoms with Gasteiger partial charge in [0.2, 0.25) is 15.9 Å². The fourth-order valence-corrected chi connectivity index (χ4v) is 7.74. The molecular formula is C24H34N4O3S. The highest BCUT2D eigenvalue weighted by Gasteiger charge is 2.53. The molecule has 3 aliphatic carbocycles. The van der Waals surface area contributed by atoms with Crippen molar-refractivity contribution >= 4 is 27.0 Å². The fourth-order valence-electron chi connectivity index (χ4n) is 6.81. The SMILES string of the molecule is CCn1c(CCC(=O)N[C@@H]2C[C@H]3C[C@H]2[C@H]2CCC[C@H]32)nc2cc(S(=O)(=O)N(C)C)ccc21. The van der Waals surface area contributed by atoms with Crippen LogP contribution in [0.15, 0.2) is 23.1 Å². The van der Waals surface area contributed by atoms with E-state index in [0.717, 1.165) is 42.1 Å². The summed E-state index contributed by atoms with van der Waals surface area (Å²) in [6.45, 7) is 2.77. The van der Waals surface area contributed by atoms with Crippen molar-refractivity contribution in [2.75, 3.05) is 14.1 Å². The lowest BCUT2D eigenvalue weighted by Crippen LogP contribution is -2.42. The number of nitrogens with zero attached hydrogens (tertiary/aromatic N) is 3. The van der Waals surface area contributed by atoms with Gasteiger partial charge >= 0.3 is 0 Å². The Bertz CT molecular complexity index is 1140. The fraction of sp³-hybridized carbons (Fsp3) is 0.667. The van der Waals surface area contributed by atoms with E-state index in [0.29, 0.717) is 30.3 Å². The summed E-state index contributed by atoms with van der Waals surface area (Å²) in [6, 6.07) is 5.44. The summed E-state index contributed by atoms with van der Waals surface area (Å²) in [5, 5.41) is 3.35. The first kappa shape index (κ1) is 21.9. The Morgan fingerprint density at radius 2 is 1.97 bits per heavy atom. The van der Waals surface area contributed by atoms with Gasteiger partial charge < -0.3 is 9.88 Å². The second-order valence-corrected chi connectivity index (χ2v) is 12.2. The van der Waals surface area contributed by atoms with Gasteiger partial charge in [0.15, 0.2) is 0 Å². The molecule has 3 aliphatic rings. The predicted molar refractivity (Wildman–Crippen MR) is 124 cm³/mol. The summed E-state index contributed by atoms with van der Waals surface area (Å²) in [7, 11) is -0.458. The first-order chi connectivity index (χ1) is 15.3. The smallest absolute Gasteiger partial charge is 0.242 e. The molecule has 5 rings (SSSR count). The van der Waals surface area contributed by atoms with Gasteiger partial charge in [0.1, 0.15) is 5.82 Å². The maximum absolute atomic E-state index is 12.8. The van der Waals surface area contributed by atoms with E-state index >= 15 is 0 Å². The van der Waals surface area contributed by atoms with Crippen molar-refractivity contribution in [3.8, 4) is 0 Å². The minimum Gasteiger partial charge on any atom is -0.353 e. The van der Waals surface area contributed by atoms with Crippen LogP contribution in [0.25, 0.3) is 11.0 Å². The molecule has 1 aromatic heterocycles. The van der Waals surface area contributed by atoms with Crippen molar-refractivity contribution in [1.82, 2.24) is 19.2 Å². The van der Waals surface area contributed by atoms with Gasteiger partial charge in [-0.25, -0.2) is 17.7 Å². The largest absolute Gasteiger partial charge is 0.353 e. The van der Waals surface area contributed by atoms with Crippen LogP contribution in [-0.4, -0.2) is 48.3 Å². The van der Waals surface area contributed by atoms with Gasteiger partial charge in [0.05, 0.1) is 15.9 Å². The minimum absolute atomic E-state index is 0.114. The van der Waals surface area contributed by atoms with Gasteiger partial charge in [0, 0.05) is 39.5 Å². The quantitative estimate of drug-likeness (QED) is 0.691. The first-order valence-corrected chi connectivity index (χ1v) is 13.4. The third kappa shape index (κ3) is 3.55. The number of fused-ring (bicyclic) bond motifs is 6. The van der Waals surface area contributed by atoms with E-state index in [1.807, 2.05) is 13.0 Å². The van der Waals surface area contributed by atoms with Crippen molar-refractivity contribution in [3.63, 3.8) is 0 Å². The maximum atomic E-state index is 12.8. The number of hydrogen-bond donors (Lipinski definition) is 1. The number of rotatable bonds is 7. The van der Waals surface area contributed by atoms with Crippen LogP contribution in [0.2, 0.25) is 0 Å². The number of sulfonamides is 1. The van der Waals surface area contributed by atoms with E-state index in [1.54, 1.807) is 12.1 Å². The molecule has 1 N–H and O–H groups in total. The van der Waals surface area contributed by atoms with Crippen LogP contribution >= 0.6 is 0 Å². The number of amides is 1. The second kappa shape index (κ2) is 8.13. The molecule has 1 amide bonds. The molecule has 3 fully saturated rings. The Labute approximate surface area is 190 Å². The standard InChI is InChI=1S/C24H34N4O3S/c1-4-28-22-9-8-16(32(30,31)27(2)3)14-21(22)25-23(28)10-11-24(29)26-20-13-15-12-19(20)18-7-5-6-17(15)18/h8-9,14-15,17-20H,4-7,10-13H2,1-3H3,(H,26,29)/t15-,17-,18+,19+,20-/m1/s1. The van der Waals surface area contributed by atoms with E-state index in [4.69, 9.17) is 4.98 Å². The molecular weight excluding hydrogens is 424 g/mol. The van der Waals surface area contributed by atoms with E-state index in [2.05, 4.69) is 9.88 Å². The average Bonchev–Trinajstić information content (AvgIpc) is 3.51. The lowest BCUT2D eigenvalue weighted by atomic mass is 9.79. The Morgan fingerprint density at radius 1 is 1.19 bits per heavy atom. The van der Waals surface area contributed by atoms with Crippen LogP contribution in [0.4, 0.5) is 0 Å². The van der Waals surface area contributed by atoms with Crippen LogP contribution < -0.4 is 5.32 Å². The molecule has 2 bridgehead atoms. The Kier molecular flexibility index (Phi) is 5.56. The second-order valence-electron chi connectivity index (χ2n) is 10.0. The van der Waals surface area contributed by atoms with Crippen LogP contribution in [0.3, 0.4) is 0 Å². The van der Waals surface area contributed by atoms with Gasteiger partial charge in [-0.15, -0.1) is 0 Å². The van der Waals surface area contributed by atoms with Crippen LogP contribution in [0.5, 0.6) is 0 Å². The Balaban J connectivity index is 1.27. The highest BCUT2D eigenvalue weighted by atomic mass is 32.2. The lowest BCUT2D eigenvalue weighted by Gasteiger charge is -2.32. The molecule has 174 valence electrons. The monoisotopic (exact) mass is 458 g/mol. The van der Waals surface area contributed by atoms with Gasteiger partial charge in [-0.05, 0) is 74.5 Å². The molecule has 32 heavy (non-hydrogen) atoms. The summed E-state index contributed by atoms with van der Waals surface area (Å²) in [5.41, 5.74) is 1.56. The van der Waals surface area contributed by atoms with E-state index in [9.17, 15) is 13.2 Å². The van der Waals surface area contributed by atoms with Gasteiger partial charge in [-0.1, -0.05) is 6.42 Å². The molecule has 0 spiro atoms. The molecule has 0 aliphatic heterocycles. The zero-order chi connectivity index (χ0) is 22.6. The molecule has 3 saturated carbocycles. The molecule has 2 aromatic rings. The minimum atomic E-state index is -3.51. The van der Waals surface area contributed by atoms with Crippen molar-refractivity contribution in [2.24, 2.45) is 23.7 Å². The Hall–Kier alpha value is -1.93. The van der Waals surface area contributed by atoms with Crippen molar-refractivity contribution in [1.29, 1.82) is 0 Å². The van der Waals surface area contributed by atoms with Crippen molar-refractivity contribution in [2.45, 2.75) is 69.4 Å². The third-order valence-electron chi connectivity index (χ3n) is 8.24. The van der Waals surface area contributed by atoms with E-state index in [-0.39, 0.29) is 10.8 Å². The zero-order valence-corrected chi connectivity index (χ0v) is 20.1. The number of imidazole rings is 1. The average molecular weight is 459 g/mol. The number of carbonyl (C=O) groups excluding carboxylic acids is 1. The van der Waals surface area contributed by atoms with Crippen LogP contribution in [-0.2, 0) is 27.8 Å². The van der Waals surface area contributed by atoms with E-state index < -0.39 is 10.0 Å². The predicted octanol–water partition coefficient (Wildman–Crippen LogP) is 3.18. The highest BCUT2D eigenvalue weighted by Crippen LogP contribution is 2.58. The summed E-state index contributed by atoms with van der Waals surface area (Å²) in [5.74, 6) is 4.24. The van der Waals surface area contributed by atoms with Crippen LogP contribution in [0, 0.1) is 23.7 Å². The topological polar surface area (TPSA) is 84.3 Å². The maximum Gasteiger partial charge on any atom is 0.242 e. The van der Waals surface area contributed by atoms with Crippen LogP contribution in [0.1, 0.15) is 51.3 Å². The van der Waals surface area contributed by atoms with Gasteiger partial charge in [-0.2, -0.15) is 0 Å². The number of hydrogen-bond acceptors (Lipinski definition) is 4. The first-order valence-electron chi connectivity index (χ1n) is 12.0. The molecule has 1 aromatic carbocycles. The number of aromatic nitrogens is 2. The highest BCUT2D eigenvalue weighted by molar-refractivity contribution is 7.89. The normalized spacial score (nSPS) is 29.2. The molecule has 0 saturated heterocycles. The summed E-state index contributed by atoms with van der Waals surface area (Å²) >= 11 is 0. The molecule has 5 atom stereocenters. The lowest BCUT2D eigenvalue weighted by molar-refractivity contribution is -0.122. The Morgan fingerprint density at radius 3 is 2.72 bits per heavy atom. The summed E-state index contributed by atoms with van der Waals surface area (Å²) in [6.07, 6.45) is 7.55. The van der Waals surface area contributed by atoms with Gasteiger partial charge in [0.25, 0.3) is 0 Å². The third-order valence-corrected chi connectivity index (χ3v) is 10.1. The molecule has 0 radical (unpaired) electrons. The van der Waals surface area contributed by atoms with Gasteiger partial charge in [-0.3, -0.25) is 4.79 Å².